The predicted octanol–water partition coefficient (Wildman–Crippen LogP) is 1.19. The van der Waals surface area contributed by atoms with Gasteiger partial charge in [-0.05, 0) is 38.1 Å². The highest BCUT2D eigenvalue weighted by Gasteiger charge is 2.27. The van der Waals surface area contributed by atoms with E-state index in [-0.39, 0.29) is 11.7 Å². The van der Waals surface area contributed by atoms with E-state index in [0.717, 1.165) is 5.75 Å². The van der Waals surface area contributed by atoms with Crippen LogP contribution >= 0.6 is 0 Å². The number of benzene rings is 1. The van der Waals surface area contributed by atoms with Crippen LogP contribution in [0.15, 0.2) is 24.3 Å². The summed E-state index contributed by atoms with van der Waals surface area (Å²) in [5, 5.41) is 0. The van der Waals surface area contributed by atoms with Gasteiger partial charge in [0.1, 0.15) is 5.75 Å². The minimum atomic E-state index is -3.17. The molecule has 2 rings (SSSR count). The minimum Gasteiger partial charge on any atom is -0.494 e. The molecule has 0 atom stereocenters. The summed E-state index contributed by atoms with van der Waals surface area (Å²) < 4.78 is 30.4. The van der Waals surface area contributed by atoms with Gasteiger partial charge in [0, 0.05) is 31.7 Å². The Morgan fingerprint density at radius 2 is 1.68 bits per heavy atom. The van der Waals surface area contributed by atoms with Gasteiger partial charge in [-0.1, -0.05) is 0 Å². The average Bonchev–Trinajstić information content (AvgIpc) is 2.55. The molecule has 1 fully saturated rings. The van der Waals surface area contributed by atoms with Crippen molar-refractivity contribution in [1.82, 2.24) is 9.21 Å². The van der Waals surface area contributed by atoms with E-state index in [1.807, 2.05) is 6.92 Å². The molecule has 0 saturated carbocycles. The fourth-order valence-corrected chi connectivity index (χ4v) is 3.48. The molecule has 0 bridgehead atoms. The first kappa shape index (κ1) is 16.8. The number of amides is 1. The van der Waals surface area contributed by atoms with Gasteiger partial charge in [0.2, 0.25) is 10.0 Å². The second-order valence-electron chi connectivity index (χ2n) is 5.05. The first-order valence-electron chi connectivity index (χ1n) is 7.48. The second kappa shape index (κ2) is 7.11. The zero-order chi connectivity index (χ0) is 16.2. The fraction of sp³-hybridized carbons (Fsp3) is 0.533. The van der Waals surface area contributed by atoms with Crippen molar-refractivity contribution in [1.29, 1.82) is 0 Å². The molecule has 1 aliphatic rings. The van der Waals surface area contributed by atoms with E-state index in [1.165, 1.54) is 4.31 Å². The fourth-order valence-electron chi connectivity index (χ4n) is 2.39. The highest BCUT2D eigenvalue weighted by Crippen LogP contribution is 2.15. The molecule has 22 heavy (non-hydrogen) atoms. The van der Waals surface area contributed by atoms with Crippen molar-refractivity contribution in [3.8, 4) is 5.75 Å². The number of hydrogen-bond acceptors (Lipinski definition) is 4. The Bertz CT molecular complexity index is 605. The van der Waals surface area contributed by atoms with Crippen LogP contribution in [0.25, 0.3) is 0 Å². The van der Waals surface area contributed by atoms with E-state index in [0.29, 0.717) is 38.3 Å². The summed E-state index contributed by atoms with van der Waals surface area (Å²) >= 11 is 0. The molecule has 0 unspecified atom stereocenters. The van der Waals surface area contributed by atoms with Crippen LogP contribution in [-0.2, 0) is 10.0 Å². The summed E-state index contributed by atoms with van der Waals surface area (Å²) in [7, 11) is -3.17. The quantitative estimate of drug-likeness (QED) is 0.815. The lowest BCUT2D eigenvalue weighted by atomic mass is 10.2. The third-order valence-electron chi connectivity index (χ3n) is 3.70. The normalized spacial score (nSPS) is 16.5. The topological polar surface area (TPSA) is 66.9 Å². The first-order valence-corrected chi connectivity index (χ1v) is 9.08. The third kappa shape index (κ3) is 3.78. The Balaban J connectivity index is 1.97. The van der Waals surface area contributed by atoms with E-state index in [2.05, 4.69) is 0 Å². The highest BCUT2D eigenvalue weighted by atomic mass is 32.2. The van der Waals surface area contributed by atoms with Crippen LogP contribution < -0.4 is 4.74 Å². The van der Waals surface area contributed by atoms with Crippen molar-refractivity contribution in [2.45, 2.75) is 13.8 Å². The summed E-state index contributed by atoms with van der Waals surface area (Å²) in [5.41, 5.74) is 0.593. The monoisotopic (exact) mass is 326 g/mol. The highest BCUT2D eigenvalue weighted by molar-refractivity contribution is 7.89. The van der Waals surface area contributed by atoms with E-state index >= 15 is 0 Å². The van der Waals surface area contributed by atoms with Crippen LogP contribution in [0.5, 0.6) is 5.75 Å². The molecule has 1 aromatic rings. The Morgan fingerprint density at radius 3 is 2.18 bits per heavy atom. The molecule has 0 aromatic heterocycles. The maximum atomic E-state index is 12.4. The van der Waals surface area contributed by atoms with Crippen LogP contribution in [0, 0.1) is 0 Å². The van der Waals surface area contributed by atoms with Crippen molar-refractivity contribution >= 4 is 15.9 Å². The third-order valence-corrected chi connectivity index (χ3v) is 5.58. The first-order chi connectivity index (χ1) is 10.5. The second-order valence-corrected chi connectivity index (χ2v) is 7.31. The van der Waals surface area contributed by atoms with Crippen LogP contribution in [0.4, 0.5) is 0 Å². The molecule has 1 aliphatic heterocycles. The maximum absolute atomic E-state index is 12.4. The molecule has 1 saturated heterocycles. The SMILES string of the molecule is CCOc1ccc(C(=O)N2CCN(S(=O)(=O)CC)CC2)cc1. The van der Waals surface area contributed by atoms with Crippen LogP contribution in [0.1, 0.15) is 24.2 Å². The van der Waals surface area contributed by atoms with Crippen LogP contribution in [0.2, 0.25) is 0 Å². The van der Waals surface area contributed by atoms with Crippen molar-refractivity contribution < 1.29 is 17.9 Å². The van der Waals surface area contributed by atoms with Crippen LogP contribution in [-0.4, -0.2) is 62.1 Å². The molecule has 1 amide bonds. The molecule has 0 spiro atoms. The van der Waals surface area contributed by atoms with Gasteiger partial charge in [-0.2, -0.15) is 4.31 Å². The van der Waals surface area contributed by atoms with Crippen molar-refractivity contribution in [2.75, 3.05) is 38.5 Å². The number of piperazine rings is 1. The number of hydrogen-bond donors (Lipinski definition) is 0. The Hall–Kier alpha value is -1.60. The van der Waals surface area contributed by atoms with Gasteiger partial charge in [0.05, 0.1) is 12.4 Å². The summed E-state index contributed by atoms with van der Waals surface area (Å²) in [6.07, 6.45) is 0. The lowest BCUT2D eigenvalue weighted by molar-refractivity contribution is 0.0698. The zero-order valence-electron chi connectivity index (χ0n) is 13.0. The molecule has 0 N–H and O–H groups in total. The Labute approximate surface area is 131 Å². The number of sulfonamides is 1. The predicted molar refractivity (Wildman–Crippen MR) is 84.5 cm³/mol. The standard InChI is InChI=1S/C15H22N2O4S/c1-3-21-14-7-5-13(6-8-14)15(18)16-9-11-17(12-10-16)22(19,20)4-2/h5-8H,3-4,9-12H2,1-2H3. The van der Waals surface area contributed by atoms with Gasteiger partial charge in [-0.15, -0.1) is 0 Å². The molecule has 6 nitrogen and oxygen atoms in total. The molecule has 1 aromatic carbocycles. The van der Waals surface area contributed by atoms with E-state index in [1.54, 1.807) is 36.1 Å². The molecular weight excluding hydrogens is 304 g/mol. The molecule has 0 aliphatic carbocycles. The van der Waals surface area contributed by atoms with Gasteiger partial charge in [-0.3, -0.25) is 4.79 Å². The lowest BCUT2D eigenvalue weighted by Gasteiger charge is -2.33. The summed E-state index contributed by atoms with van der Waals surface area (Å²) in [6.45, 7) is 5.69. The minimum absolute atomic E-state index is 0.0726. The van der Waals surface area contributed by atoms with Gasteiger partial charge < -0.3 is 9.64 Å². The van der Waals surface area contributed by atoms with Gasteiger partial charge in [0.25, 0.3) is 5.91 Å². The molecule has 0 radical (unpaired) electrons. The summed E-state index contributed by atoms with van der Waals surface area (Å²) in [6, 6.07) is 7.02. The van der Waals surface area contributed by atoms with Crippen molar-refractivity contribution in [2.24, 2.45) is 0 Å². The number of carbonyl (C=O) groups is 1. The van der Waals surface area contributed by atoms with Crippen molar-refractivity contribution in [3.05, 3.63) is 29.8 Å². The molecule has 1 heterocycles. The maximum Gasteiger partial charge on any atom is 0.253 e. The molecule has 7 heteroatoms. The van der Waals surface area contributed by atoms with Gasteiger partial charge in [-0.25, -0.2) is 8.42 Å². The average molecular weight is 326 g/mol. The van der Waals surface area contributed by atoms with E-state index in [9.17, 15) is 13.2 Å². The lowest BCUT2D eigenvalue weighted by Crippen LogP contribution is -2.50. The Kier molecular flexibility index (Phi) is 5.42. The summed E-state index contributed by atoms with van der Waals surface area (Å²) in [4.78, 5) is 14.1. The van der Waals surface area contributed by atoms with Gasteiger partial charge in [0.15, 0.2) is 0 Å². The van der Waals surface area contributed by atoms with E-state index in [4.69, 9.17) is 4.74 Å². The van der Waals surface area contributed by atoms with Crippen molar-refractivity contribution in [3.63, 3.8) is 0 Å². The zero-order valence-corrected chi connectivity index (χ0v) is 13.8. The smallest absolute Gasteiger partial charge is 0.253 e. The molecular formula is C15H22N2O4S. The number of rotatable bonds is 5. The molecule has 122 valence electrons. The number of carbonyl (C=O) groups excluding carboxylic acids is 1. The number of ether oxygens (including phenoxy) is 1. The van der Waals surface area contributed by atoms with Gasteiger partial charge >= 0.3 is 0 Å². The summed E-state index contributed by atoms with van der Waals surface area (Å²) in [5.74, 6) is 0.759. The largest absolute Gasteiger partial charge is 0.494 e. The number of nitrogens with zero attached hydrogens (tertiary/aromatic N) is 2. The van der Waals surface area contributed by atoms with Crippen LogP contribution in [0.3, 0.4) is 0 Å². The Morgan fingerprint density at radius 1 is 1.09 bits per heavy atom. The van der Waals surface area contributed by atoms with E-state index < -0.39 is 10.0 Å².